The lowest BCUT2D eigenvalue weighted by Crippen LogP contribution is -2.45. The molecule has 32 heavy (non-hydrogen) atoms. The predicted molar refractivity (Wildman–Crippen MR) is 138 cm³/mol. The monoisotopic (exact) mass is 487 g/mol. The molecule has 0 spiro atoms. The molecule has 0 bridgehead atoms. The van der Waals surface area contributed by atoms with Crippen molar-refractivity contribution >= 4 is 42.8 Å². The molecule has 0 saturated carbocycles. The third-order valence-electron chi connectivity index (χ3n) is 4.55. The third kappa shape index (κ3) is 17.2. The Hall–Kier alpha value is -1.39. The first kappa shape index (κ1) is 32.8. The number of aryl methyl sites for hydroxylation is 1. The number of esters is 1. The van der Waals surface area contributed by atoms with Crippen LogP contribution < -0.4 is 16.8 Å². The van der Waals surface area contributed by atoms with E-state index < -0.39 is 6.04 Å². The standard InChI is InChI=1S/C15H21NO3.C4H9NOS.C4H11NS/c1-11(12(2)17)16-14(15(18)19-3)10-9-13-7-5-4-6-8-13;1-3(6)4(7)2-5;1-2-4(6)3-5/h4-8,11,14,16H,9-10H2,1-3H3;4,7H,2,5H2,1H3;4,6H,2-3,5H2,1H3. The molecule has 0 saturated heterocycles. The molecule has 184 valence electrons. The van der Waals surface area contributed by atoms with Crippen molar-refractivity contribution in [2.45, 2.75) is 69.5 Å². The van der Waals surface area contributed by atoms with Gasteiger partial charge in [-0.05, 0) is 45.6 Å². The number of ether oxygens (including phenoxy) is 1. The Morgan fingerprint density at radius 2 is 1.59 bits per heavy atom. The van der Waals surface area contributed by atoms with Crippen LogP contribution in [0.15, 0.2) is 30.3 Å². The van der Waals surface area contributed by atoms with Crippen molar-refractivity contribution in [2.75, 3.05) is 20.2 Å². The maximum atomic E-state index is 11.7. The maximum absolute atomic E-state index is 11.7. The van der Waals surface area contributed by atoms with Crippen LogP contribution in [0.1, 0.15) is 46.1 Å². The molecule has 4 atom stereocenters. The van der Waals surface area contributed by atoms with Gasteiger partial charge in [-0.2, -0.15) is 25.3 Å². The van der Waals surface area contributed by atoms with Crippen molar-refractivity contribution in [3.63, 3.8) is 0 Å². The predicted octanol–water partition coefficient (Wildman–Crippen LogP) is 2.21. The summed E-state index contributed by atoms with van der Waals surface area (Å²) in [6.45, 7) is 7.83. The van der Waals surface area contributed by atoms with E-state index in [-0.39, 0.29) is 28.8 Å². The number of Topliss-reactive ketones (excluding diaryl/α,β-unsaturated/α-hetero) is 2. The molecule has 0 aliphatic heterocycles. The highest BCUT2D eigenvalue weighted by molar-refractivity contribution is 7.81. The van der Waals surface area contributed by atoms with Gasteiger partial charge in [0.15, 0.2) is 0 Å². The van der Waals surface area contributed by atoms with Gasteiger partial charge in [0, 0.05) is 18.3 Å². The first-order valence-electron chi connectivity index (χ1n) is 10.7. The van der Waals surface area contributed by atoms with Crippen molar-refractivity contribution in [2.24, 2.45) is 11.5 Å². The van der Waals surface area contributed by atoms with Crippen molar-refractivity contribution in [3.8, 4) is 0 Å². The Balaban J connectivity index is 0. The highest BCUT2D eigenvalue weighted by Gasteiger charge is 2.22. The van der Waals surface area contributed by atoms with Crippen LogP contribution >= 0.6 is 25.3 Å². The first-order chi connectivity index (χ1) is 15.0. The van der Waals surface area contributed by atoms with Crippen LogP contribution in [0.3, 0.4) is 0 Å². The molecule has 0 fully saturated rings. The minimum Gasteiger partial charge on any atom is -0.468 e. The number of thiol groups is 2. The van der Waals surface area contributed by atoms with Crippen LogP contribution in [0, 0.1) is 0 Å². The fraction of sp³-hybridized carbons (Fsp3) is 0.609. The molecular formula is C23H41N3O4S2. The average Bonchev–Trinajstić information content (AvgIpc) is 2.81. The molecule has 9 heteroatoms. The summed E-state index contributed by atoms with van der Waals surface area (Å²) in [7, 11) is 1.36. The minimum absolute atomic E-state index is 0.00798. The largest absolute Gasteiger partial charge is 0.468 e. The Bertz CT molecular complexity index is 643. The fourth-order valence-corrected chi connectivity index (χ4v) is 2.12. The number of rotatable bonds is 11. The number of ketones is 2. The van der Waals surface area contributed by atoms with E-state index in [1.165, 1.54) is 21.0 Å². The number of nitrogens with two attached hydrogens (primary N) is 2. The van der Waals surface area contributed by atoms with Gasteiger partial charge in [-0.1, -0.05) is 37.3 Å². The highest BCUT2D eigenvalue weighted by atomic mass is 32.1. The van der Waals surface area contributed by atoms with Crippen LogP contribution in [0.25, 0.3) is 0 Å². The molecule has 7 nitrogen and oxygen atoms in total. The summed E-state index contributed by atoms with van der Waals surface area (Å²) in [4.78, 5) is 33.2. The van der Waals surface area contributed by atoms with E-state index >= 15 is 0 Å². The number of methoxy groups -OCH3 is 1. The van der Waals surface area contributed by atoms with Crippen molar-refractivity contribution < 1.29 is 19.1 Å². The van der Waals surface area contributed by atoms with E-state index in [4.69, 9.17) is 16.2 Å². The highest BCUT2D eigenvalue weighted by Crippen LogP contribution is 2.07. The summed E-state index contributed by atoms with van der Waals surface area (Å²) in [6.07, 6.45) is 2.44. The molecule has 0 radical (unpaired) electrons. The van der Waals surface area contributed by atoms with Gasteiger partial charge in [0.1, 0.15) is 17.6 Å². The summed E-state index contributed by atoms with van der Waals surface area (Å²) in [6, 6.07) is 9.12. The molecule has 1 aromatic carbocycles. The Morgan fingerprint density at radius 1 is 1.03 bits per heavy atom. The molecule has 1 aromatic rings. The summed E-state index contributed by atoms with van der Waals surface area (Å²) in [5.41, 5.74) is 11.4. The molecule has 0 heterocycles. The van der Waals surface area contributed by atoms with E-state index in [2.05, 4.69) is 37.5 Å². The normalized spacial score (nSPS) is 13.8. The summed E-state index contributed by atoms with van der Waals surface area (Å²) in [5, 5.41) is 3.16. The van der Waals surface area contributed by atoms with Crippen LogP contribution in [0.5, 0.6) is 0 Å². The van der Waals surface area contributed by atoms with Gasteiger partial charge in [-0.15, -0.1) is 0 Å². The van der Waals surface area contributed by atoms with Crippen molar-refractivity contribution in [1.29, 1.82) is 0 Å². The lowest BCUT2D eigenvalue weighted by Gasteiger charge is -2.19. The van der Waals surface area contributed by atoms with Crippen LogP contribution in [0.2, 0.25) is 0 Å². The number of carbonyl (C=O) groups is 3. The van der Waals surface area contributed by atoms with Gasteiger partial charge in [0.05, 0.1) is 18.4 Å². The third-order valence-corrected chi connectivity index (χ3v) is 5.70. The van der Waals surface area contributed by atoms with Gasteiger partial charge in [-0.3, -0.25) is 19.7 Å². The summed E-state index contributed by atoms with van der Waals surface area (Å²) >= 11 is 7.96. The zero-order valence-corrected chi connectivity index (χ0v) is 21.7. The Kier molecular flexibility index (Phi) is 20.7. The average molecular weight is 488 g/mol. The Labute approximate surface area is 204 Å². The molecule has 0 aliphatic carbocycles. The molecule has 0 aliphatic rings. The molecule has 4 unspecified atom stereocenters. The number of hydrogen-bond donors (Lipinski definition) is 5. The molecule has 5 N–H and O–H groups in total. The van der Waals surface area contributed by atoms with E-state index in [9.17, 15) is 14.4 Å². The molecular weight excluding hydrogens is 446 g/mol. The van der Waals surface area contributed by atoms with Gasteiger partial charge in [0.25, 0.3) is 0 Å². The van der Waals surface area contributed by atoms with Gasteiger partial charge < -0.3 is 16.2 Å². The topological polar surface area (TPSA) is 125 Å². The smallest absolute Gasteiger partial charge is 0.322 e. The SMILES string of the molecule is CC(=O)C(S)CN.CCC(S)CN.COC(=O)C(CCc1ccccc1)NC(C)C(C)=O. The van der Waals surface area contributed by atoms with Gasteiger partial charge in [-0.25, -0.2) is 0 Å². The van der Waals surface area contributed by atoms with Crippen molar-refractivity contribution in [1.82, 2.24) is 5.32 Å². The van der Waals surface area contributed by atoms with E-state index in [1.807, 2.05) is 30.3 Å². The zero-order chi connectivity index (χ0) is 25.1. The van der Waals surface area contributed by atoms with E-state index in [1.54, 1.807) is 6.92 Å². The quantitative estimate of drug-likeness (QED) is 0.239. The van der Waals surface area contributed by atoms with E-state index in [0.717, 1.165) is 18.4 Å². The zero-order valence-electron chi connectivity index (χ0n) is 19.9. The van der Waals surface area contributed by atoms with Crippen molar-refractivity contribution in [3.05, 3.63) is 35.9 Å². The van der Waals surface area contributed by atoms with Gasteiger partial charge in [0.2, 0.25) is 0 Å². The Morgan fingerprint density at radius 3 is 1.91 bits per heavy atom. The summed E-state index contributed by atoms with van der Waals surface area (Å²) < 4.78 is 4.77. The van der Waals surface area contributed by atoms with E-state index in [0.29, 0.717) is 24.8 Å². The lowest BCUT2D eigenvalue weighted by atomic mass is 10.0. The second-order valence-electron chi connectivity index (χ2n) is 7.26. The molecule has 0 amide bonds. The second-order valence-corrected chi connectivity index (χ2v) is 8.61. The molecule has 1 rings (SSSR count). The minimum atomic E-state index is -0.455. The fourth-order valence-electron chi connectivity index (χ4n) is 2.12. The molecule has 0 aromatic heterocycles. The maximum Gasteiger partial charge on any atom is 0.322 e. The summed E-state index contributed by atoms with van der Waals surface area (Å²) in [5.74, 6) is -0.288. The lowest BCUT2D eigenvalue weighted by molar-refractivity contribution is -0.143. The van der Waals surface area contributed by atoms with Gasteiger partial charge >= 0.3 is 5.97 Å². The second kappa shape index (κ2) is 20.2. The number of nitrogens with one attached hydrogen (secondary N) is 1. The van der Waals surface area contributed by atoms with Crippen LogP contribution in [-0.4, -0.2) is 60.3 Å². The number of benzene rings is 1. The number of hydrogen-bond acceptors (Lipinski definition) is 9. The first-order valence-corrected chi connectivity index (χ1v) is 11.7. The van der Waals surface area contributed by atoms with Crippen LogP contribution in [-0.2, 0) is 25.5 Å². The van der Waals surface area contributed by atoms with Crippen LogP contribution in [0.4, 0.5) is 0 Å². The number of carbonyl (C=O) groups excluding carboxylic acids is 3.